The number of carbonyl (C=O) groups is 2. The van der Waals surface area contributed by atoms with Crippen molar-refractivity contribution in [1.29, 1.82) is 0 Å². The Morgan fingerprint density at radius 1 is 0.938 bits per heavy atom. The van der Waals surface area contributed by atoms with Crippen molar-refractivity contribution in [3.63, 3.8) is 0 Å². The van der Waals surface area contributed by atoms with Gasteiger partial charge in [-0.1, -0.05) is 0 Å². The topological polar surface area (TPSA) is 96.0 Å². The maximum absolute atomic E-state index is 13.3. The molecule has 1 atom stereocenters. The van der Waals surface area contributed by atoms with Gasteiger partial charge in [-0.25, -0.2) is 0 Å². The van der Waals surface area contributed by atoms with Crippen molar-refractivity contribution < 1.29 is 31.5 Å². The van der Waals surface area contributed by atoms with Gasteiger partial charge in [-0.15, -0.1) is 0 Å². The number of hydrogen-bond donors (Lipinski definition) is 0. The molecule has 0 radical (unpaired) electrons. The summed E-state index contributed by atoms with van der Waals surface area (Å²) in [6, 6.07) is 13.7. The Balaban J connectivity index is 2.08. The monoisotopic (exact) mass is 506 g/mol. The number of benzene rings is 2. The van der Waals surface area contributed by atoms with Crippen LogP contribution in [0.2, 0.25) is 5.32 Å². The number of rotatable bonds is 7. The van der Waals surface area contributed by atoms with Crippen molar-refractivity contribution in [3.05, 3.63) is 65.7 Å². The van der Waals surface area contributed by atoms with Crippen LogP contribution < -0.4 is 9.20 Å². The molecule has 2 aromatic carbocycles. The van der Waals surface area contributed by atoms with Crippen LogP contribution in [0.3, 0.4) is 0 Å². The molecule has 0 N–H and O–H groups in total. The molecule has 0 aromatic heterocycles. The number of hydrogen-bond acceptors (Lipinski definition) is 7. The maximum atomic E-state index is 13.3. The molecule has 1 aliphatic rings. The van der Waals surface area contributed by atoms with Crippen LogP contribution in [0.25, 0.3) is 5.57 Å². The van der Waals surface area contributed by atoms with Crippen molar-refractivity contribution >= 4 is 34.7 Å². The van der Waals surface area contributed by atoms with Crippen LogP contribution in [0.4, 0.5) is 0 Å². The van der Waals surface area contributed by atoms with E-state index in [1.165, 1.54) is 20.3 Å². The Kier molecular flexibility index (Phi) is 6.86. The van der Waals surface area contributed by atoms with Crippen molar-refractivity contribution in [2.24, 2.45) is 11.3 Å². The molecule has 8 heteroatoms. The molecule has 0 amide bonds. The minimum absolute atomic E-state index is 0.0524. The van der Waals surface area contributed by atoms with E-state index >= 15 is 0 Å². The molecule has 0 saturated carbocycles. The average molecular weight is 505 g/mol. The van der Waals surface area contributed by atoms with Crippen LogP contribution in [0.1, 0.15) is 17.5 Å². The molecule has 0 aliphatic heterocycles. The Bertz CT molecular complexity index is 1110. The molecular weight excluding hydrogens is 479 g/mol. The van der Waals surface area contributed by atoms with Crippen molar-refractivity contribution in [2.75, 3.05) is 21.3 Å². The van der Waals surface area contributed by atoms with Gasteiger partial charge in [0.15, 0.2) is 0 Å². The van der Waals surface area contributed by atoms with E-state index in [4.69, 9.17) is 14.2 Å². The zero-order valence-corrected chi connectivity index (χ0v) is 20.2. The van der Waals surface area contributed by atoms with Gasteiger partial charge in [-0.2, -0.15) is 0 Å². The molecule has 32 heavy (non-hydrogen) atoms. The van der Waals surface area contributed by atoms with E-state index in [0.717, 1.165) is 5.56 Å². The van der Waals surface area contributed by atoms with Gasteiger partial charge < -0.3 is 0 Å². The van der Waals surface area contributed by atoms with Gasteiger partial charge in [-0.05, 0) is 0 Å². The van der Waals surface area contributed by atoms with Gasteiger partial charge in [0.2, 0.25) is 0 Å². The Labute approximate surface area is 189 Å². The summed E-state index contributed by atoms with van der Waals surface area (Å²) in [6.45, 7) is 1.88. The first kappa shape index (κ1) is 23.7. The van der Waals surface area contributed by atoms with E-state index < -0.39 is 36.0 Å². The second kappa shape index (κ2) is 9.26. The van der Waals surface area contributed by atoms with Crippen LogP contribution in [0.5, 0.6) is 5.75 Å². The van der Waals surface area contributed by atoms with Crippen LogP contribution in [0.15, 0.2) is 54.6 Å². The average Bonchev–Trinajstić information content (AvgIpc) is 3.18. The van der Waals surface area contributed by atoms with E-state index in [9.17, 15) is 17.3 Å². The molecule has 3 rings (SSSR count). The van der Waals surface area contributed by atoms with Gasteiger partial charge >= 0.3 is 189 Å². The van der Waals surface area contributed by atoms with E-state index in [0.29, 0.717) is 16.9 Å². The van der Waals surface area contributed by atoms with E-state index in [1.807, 2.05) is 6.92 Å². The molecular formula is C24H26O7Se. The summed E-state index contributed by atoms with van der Waals surface area (Å²) in [4.78, 5) is 25.4. The first-order chi connectivity index (χ1) is 15.2. The summed E-state index contributed by atoms with van der Waals surface area (Å²) in [5.41, 5.74) is 0.534. The zero-order valence-electron chi connectivity index (χ0n) is 18.5. The second-order valence-electron chi connectivity index (χ2n) is 7.78. The third-order valence-electron chi connectivity index (χ3n) is 5.73. The van der Waals surface area contributed by atoms with Gasteiger partial charge in [-0.3, -0.25) is 0 Å². The van der Waals surface area contributed by atoms with Crippen LogP contribution in [0, 0.1) is 18.3 Å². The molecule has 1 aliphatic carbocycles. The normalized spacial score (nSPS) is 17.4. The summed E-state index contributed by atoms with van der Waals surface area (Å²) < 4.78 is 41.8. The Hall–Kier alpha value is -2.96. The fraction of sp³-hybridized carbons (Fsp3) is 0.333. The number of carbonyl (C=O) groups excluding carboxylic acids is 2. The van der Waals surface area contributed by atoms with Gasteiger partial charge in [0, 0.05) is 0 Å². The van der Waals surface area contributed by atoms with Crippen molar-refractivity contribution in [2.45, 2.75) is 18.7 Å². The number of allylic oxidation sites excluding steroid dienone is 1. The summed E-state index contributed by atoms with van der Waals surface area (Å²) in [5.74, 6) is -1.52. The molecule has 0 heterocycles. The molecule has 0 saturated heterocycles. The van der Waals surface area contributed by atoms with Gasteiger partial charge in [0.1, 0.15) is 0 Å². The number of aryl methyl sites for hydroxylation is 1. The third kappa shape index (κ3) is 4.47. The molecule has 0 fully saturated rings. The fourth-order valence-corrected chi connectivity index (χ4v) is 7.33. The summed E-state index contributed by atoms with van der Waals surface area (Å²) in [6.07, 6.45) is 1.45. The SMILES string of the molecule is COC(=O)C1(C(=O)OC)C=C(c2ccc(OC)cc2)C(C[Se](=O)(=O)c2ccc(C)cc2)C1. The standard InChI is InChI=1S/C24H26O7Se/c1-16-5-11-20(12-6-16)32(27,28)15-18-13-24(22(25)30-3,23(26)31-4)14-21(18)17-7-9-19(29-2)10-8-17/h5-12,14,18H,13,15H2,1-4H3. The van der Waals surface area contributed by atoms with Gasteiger partial charge in [0.25, 0.3) is 0 Å². The predicted octanol–water partition coefficient (Wildman–Crippen LogP) is 2.95. The van der Waals surface area contributed by atoms with Gasteiger partial charge in [0.05, 0.1) is 0 Å². The van der Waals surface area contributed by atoms with Crippen molar-refractivity contribution in [3.8, 4) is 5.75 Å². The van der Waals surface area contributed by atoms with E-state index in [2.05, 4.69) is 0 Å². The first-order valence-corrected chi connectivity index (χ1v) is 13.5. The summed E-state index contributed by atoms with van der Waals surface area (Å²) >= 11 is -4.60. The Morgan fingerprint density at radius 3 is 2.00 bits per heavy atom. The quantitative estimate of drug-likeness (QED) is 0.324. The first-order valence-electron chi connectivity index (χ1n) is 10.0. The fourth-order valence-electron chi connectivity index (χ4n) is 4.03. The number of esters is 2. The minimum atomic E-state index is -4.60. The van der Waals surface area contributed by atoms with Crippen LogP contribution in [-0.4, -0.2) is 46.0 Å². The van der Waals surface area contributed by atoms with E-state index in [-0.39, 0.29) is 16.2 Å². The molecule has 7 nitrogen and oxygen atoms in total. The molecule has 2 aromatic rings. The second-order valence-corrected chi connectivity index (χ2v) is 12.0. The van der Waals surface area contributed by atoms with Crippen molar-refractivity contribution in [1.82, 2.24) is 0 Å². The summed E-state index contributed by atoms with van der Waals surface area (Å²) in [5, 5.41) is -0.201. The number of methoxy groups -OCH3 is 3. The summed E-state index contributed by atoms with van der Waals surface area (Å²) in [7, 11) is 3.92. The number of ether oxygens (including phenoxy) is 3. The molecule has 1 unspecified atom stereocenters. The zero-order chi connectivity index (χ0) is 23.5. The van der Waals surface area contributed by atoms with Crippen LogP contribution in [-0.2, 0) is 26.7 Å². The predicted molar refractivity (Wildman–Crippen MR) is 118 cm³/mol. The molecule has 0 spiro atoms. The molecule has 170 valence electrons. The van der Waals surface area contributed by atoms with Crippen LogP contribution >= 0.6 is 0 Å². The third-order valence-corrected chi connectivity index (χ3v) is 9.58. The van der Waals surface area contributed by atoms with E-state index in [1.54, 1.807) is 55.6 Å². The Morgan fingerprint density at radius 2 is 1.50 bits per heavy atom. The molecule has 0 bridgehead atoms.